The van der Waals surface area contributed by atoms with Gasteiger partial charge in [0.15, 0.2) is 6.61 Å². The molecule has 0 unspecified atom stereocenters. The maximum atomic E-state index is 13.2. The van der Waals surface area contributed by atoms with Crippen LogP contribution in [0, 0.1) is 31.5 Å². The molecule has 0 radical (unpaired) electrons. The van der Waals surface area contributed by atoms with E-state index in [4.69, 9.17) is 4.74 Å². The predicted octanol–water partition coefficient (Wildman–Crippen LogP) is 4.33. The second-order valence-electron chi connectivity index (χ2n) is 8.11. The van der Waals surface area contributed by atoms with Crippen LogP contribution in [0.3, 0.4) is 0 Å². The number of carbonyl (C=O) groups is 2. The molecule has 1 N–H and O–H groups in total. The van der Waals surface area contributed by atoms with Gasteiger partial charge in [-0.15, -0.1) is 0 Å². The van der Waals surface area contributed by atoms with Gasteiger partial charge in [0, 0.05) is 23.1 Å². The molecule has 156 valence electrons. The third kappa shape index (κ3) is 4.69. The minimum Gasteiger partial charge on any atom is -0.452 e. The van der Waals surface area contributed by atoms with E-state index in [0.29, 0.717) is 23.1 Å². The van der Waals surface area contributed by atoms with E-state index in [1.807, 2.05) is 11.5 Å². The summed E-state index contributed by atoms with van der Waals surface area (Å²) in [7, 11) is 0. The highest BCUT2D eigenvalue weighted by molar-refractivity contribution is 5.93. The van der Waals surface area contributed by atoms with Crippen molar-refractivity contribution in [3.63, 3.8) is 0 Å². The standard InChI is InChI=1S/C23H29FN2O3/c1-14-6-5-7-21(16(14)3)25-22(27)13-29-23(28)20-12-15(2)26(17(20)4)19-10-8-18(24)9-11-19/h8-12,14,16,21H,5-7,13H2,1-4H3,(H,25,27)/t14-,16-,21-/m0/s1. The third-order valence-electron chi connectivity index (χ3n) is 6.12. The first-order valence-corrected chi connectivity index (χ1v) is 10.2. The van der Waals surface area contributed by atoms with Gasteiger partial charge in [0.1, 0.15) is 5.82 Å². The average molecular weight is 400 g/mol. The van der Waals surface area contributed by atoms with E-state index in [0.717, 1.165) is 24.2 Å². The summed E-state index contributed by atoms with van der Waals surface area (Å²) in [6.07, 6.45) is 3.25. The summed E-state index contributed by atoms with van der Waals surface area (Å²) in [6, 6.07) is 7.93. The highest BCUT2D eigenvalue weighted by Crippen LogP contribution is 2.29. The van der Waals surface area contributed by atoms with Crippen molar-refractivity contribution in [2.24, 2.45) is 11.8 Å². The number of hydrogen-bond acceptors (Lipinski definition) is 3. The number of carbonyl (C=O) groups excluding carboxylic acids is 2. The number of amides is 1. The van der Waals surface area contributed by atoms with Crippen molar-refractivity contribution >= 4 is 11.9 Å². The molecule has 0 aliphatic heterocycles. The normalized spacial score (nSPS) is 21.6. The summed E-state index contributed by atoms with van der Waals surface area (Å²) >= 11 is 0. The van der Waals surface area contributed by atoms with Gasteiger partial charge in [-0.3, -0.25) is 4.79 Å². The number of esters is 1. The number of ether oxygens (including phenoxy) is 1. The Hall–Kier alpha value is -2.63. The van der Waals surface area contributed by atoms with Crippen LogP contribution in [0.5, 0.6) is 0 Å². The number of halogens is 1. The maximum absolute atomic E-state index is 13.2. The maximum Gasteiger partial charge on any atom is 0.340 e. The molecule has 0 bridgehead atoms. The largest absolute Gasteiger partial charge is 0.452 e. The first-order chi connectivity index (χ1) is 13.8. The fraction of sp³-hybridized carbons (Fsp3) is 0.478. The molecule has 0 spiro atoms. The molecule has 3 rings (SSSR count). The zero-order chi connectivity index (χ0) is 21.1. The van der Waals surface area contributed by atoms with Crippen molar-refractivity contribution in [1.29, 1.82) is 0 Å². The van der Waals surface area contributed by atoms with E-state index in [2.05, 4.69) is 19.2 Å². The van der Waals surface area contributed by atoms with Gasteiger partial charge >= 0.3 is 5.97 Å². The van der Waals surface area contributed by atoms with Gasteiger partial charge in [0.25, 0.3) is 5.91 Å². The van der Waals surface area contributed by atoms with Crippen LogP contribution in [0.1, 0.15) is 54.9 Å². The van der Waals surface area contributed by atoms with Crippen molar-refractivity contribution in [2.45, 2.75) is 53.0 Å². The second kappa shape index (κ2) is 8.80. The van der Waals surface area contributed by atoms with E-state index in [1.165, 1.54) is 18.6 Å². The number of nitrogens with one attached hydrogen (secondary N) is 1. The number of aryl methyl sites for hydroxylation is 1. The van der Waals surface area contributed by atoms with Crippen molar-refractivity contribution < 1.29 is 18.7 Å². The first-order valence-electron chi connectivity index (χ1n) is 10.2. The highest BCUT2D eigenvalue weighted by atomic mass is 19.1. The molecule has 2 aromatic rings. The van der Waals surface area contributed by atoms with Crippen LogP contribution in [0.2, 0.25) is 0 Å². The molecule has 1 amide bonds. The van der Waals surface area contributed by atoms with Gasteiger partial charge in [0.2, 0.25) is 0 Å². The van der Waals surface area contributed by atoms with Crippen LogP contribution >= 0.6 is 0 Å². The average Bonchev–Trinajstić information content (AvgIpc) is 2.99. The lowest BCUT2D eigenvalue weighted by atomic mass is 9.78. The summed E-state index contributed by atoms with van der Waals surface area (Å²) in [4.78, 5) is 24.8. The molecular formula is C23H29FN2O3. The molecule has 6 heteroatoms. The molecular weight excluding hydrogens is 371 g/mol. The SMILES string of the molecule is Cc1cc(C(=O)OCC(=O)N[C@H]2CCC[C@H](C)[C@@H]2C)c(C)n1-c1ccc(F)cc1. The van der Waals surface area contributed by atoms with Gasteiger partial charge in [-0.2, -0.15) is 0 Å². The number of rotatable bonds is 5. The Morgan fingerprint density at radius 2 is 1.86 bits per heavy atom. The highest BCUT2D eigenvalue weighted by Gasteiger charge is 2.28. The topological polar surface area (TPSA) is 60.3 Å². The van der Waals surface area contributed by atoms with Crippen molar-refractivity contribution in [2.75, 3.05) is 6.61 Å². The van der Waals surface area contributed by atoms with E-state index < -0.39 is 5.97 Å². The number of aromatic nitrogens is 1. The van der Waals surface area contributed by atoms with Crippen molar-refractivity contribution in [3.8, 4) is 5.69 Å². The number of benzene rings is 1. The fourth-order valence-corrected chi connectivity index (χ4v) is 4.20. The minimum atomic E-state index is -0.535. The zero-order valence-electron chi connectivity index (χ0n) is 17.5. The van der Waals surface area contributed by atoms with Crippen LogP contribution < -0.4 is 5.32 Å². The van der Waals surface area contributed by atoms with Crippen LogP contribution in [0.4, 0.5) is 4.39 Å². The molecule has 1 aliphatic carbocycles. The lowest BCUT2D eigenvalue weighted by Gasteiger charge is -2.34. The molecule has 29 heavy (non-hydrogen) atoms. The molecule has 3 atom stereocenters. The molecule has 1 aromatic carbocycles. The van der Waals surface area contributed by atoms with Gasteiger partial charge in [-0.1, -0.05) is 26.7 Å². The zero-order valence-corrected chi connectivity index (χ0v) is 17.5. The van der Waals surface area contributed by atoms with Crippen LogP contribution in [-0.2, 0) is 9.53 Å². The lowest BCUT2D eigenvalue weighted by Crippen LogP contribution is -2.45. The second-order valence-corrected chi connectivity index (χ2v) is 8.11. The Bertz CT molecular complexity index is 888. The van der Waals surface area contributed by atoms with E-state index >= 15 is 0 Å². The van der Waals surface area contributed by atoms with Gasteiger partial charge in [0.05, 0.1) is 5.56 Å². The summed E-state index contributed by atoms with van der Waals surface area (Å²) in [5.41, 5.74) is 2.68. The van der Waals surface area contributed by atoms with Crippen molar-refractivity contribution in [3.05, 3.63) is 53.1 Å². The first kappa shape index (κ1) is 21.1. The summed E-state index contributed by atoms with van der Waals surface area (Å²) in [5.74, 6) is -0.127. The number of nitrogens with zero attached hydrogens (tertiary/aromatic N) is 1. The molecule has 1 aliphatic rings. The molecule has 1 aromatic heterocycles. The Kier molecular flexibility index (Phi) is 6.40. The Morgan fingerprint density at radius 3 is 2.55 bits per heavy atom. The fourth-order valence-electron chi connectivity index (χ4n) is 4.20. The summed E-state index contributed by atoms with van der Waals surface area (Å²) in [5, 5.41) is 3.01. The van der Waals surface area contributed by atoms with Gasteiger partial charge in [-0.25, -0.2) is 9.18 Å². The molecule has 0 saturated heterocycles. The summed E-state index contributed by atoms with van der Waals surface area (Å²) < 4.78 is 20.3. The molecule has 1 heterocycles. The van der Waals surface area contributed by atoms with E-state index in [9.17, 15) is 14.0 Å². The molecule has 5 nitrogen and oxygen atoms in total. The Labute approximate surface area is 171 Å². The van der Waals surface area contributed by atoms with E-state index in [-0.39, 0.29) is 24.4 Å². The van der Waals surface area contributed by atoms with Crippen LogP contribution in [-0.4, -0.2) is 29.1 Å². The van der Waals surface area contributed by atoms with Crippen molar-refractivity contribution in [1.82, 2.24) is 9.88 Å². The quantitative estimate of drug-likeness (QED) is 0.760. The van der Waals surface area contributed by atoms with Gasteiger partial charge in [-0.05, 0) is 62.4 Å². The molecule has 1 fully saturated rings. The number of hydrogen-bond donors (Lipinski definition) is 1. The Morgan fingerprint density at radius 1 is 1.17 bits per heavy atom. The van der Waals surface area contributed by atoms with Gasteiger partial charge < -0.3 is 14.6 Å². The summed E-state index contributed by atoms with van der Waals surface area (Å²) in [6.45, 7) is 7.74. The van der Waals surface area contributed by atoms with E-state index in [1.54, 1.807) is 25.1 Å². The predicted molar refractivity (Wildman–Crippen MR) is 110 cm³/mol. The van der Waals surface area contributed by atoms with Crippen LogP contribution in [0.15, 0.2) is 30.3 Å². The smallest absolute Gasteiger partial charge is 0.340 e. The Balaban J connectivity index is 1.63. The minimum absolute atomic E-state index is 0.133. The molecule has 1 saturated carbocycles. The monoisotopic (exact) mass is 400 g/mol. The van der Waals surface area contributed by atoms with Crippen LogP contribution in [0.25, 0.3) is 5.69 Å². The third-order valence-corrected chi connectivity index (χ3v) is 6.12. The lowest BCUT2D eigenvalue weighted by molar-refractivity contribution is -0.125.